The van der Waals surface area contributed by atoms with Crippen LogP contribution >= 0.6 is 43.2 Å². The molecule has 0 aliphatic heterocycles. The largest absolute Gasteiger partial charge is 0.416 e. The summed E-state index contributed by atoms with van der Waals surface area (Å²) in [5, 5.41) is 0. The molecule has 1 heterocycles. The minimum atomic E-state index is -4.49. The summed E-state index contributed by atoms with van der Waals surface area (Å²) in [6.45, 7) is 1.88. The smallest absolute Gasteiger partial charge is 0.207 e. The second-order valence-corrected chi connectivity index (χ2v) is 7.22. The van der Waals surface area contributed by atoms with E-state index in [1.54, 1.807) is 0 Å². The van der Waals surface area contributed by atoms with Crippen LogP contribution in [-0.2, 0) is 6.18 Å². The minimum absolute atomic E-state index is 0.0256. The molecule has 0 aliphatic carbocycles. The van der Waals surface area contributed by atoms with Crippen LogP contribution in [0.3, 0.4) is 0 Å². The number of thiophene rings is 1. The Labute approximate surface area is 134 Å². The van der Waals surface area contributed by atoms with E-state index < -0.39 is 22.4 Å². The average molecular weight is 432 g/mol. The molecule has 1 atom stereocenters. The molecule has 0 bridgehead atoms. The molecule has 1 aromatic carbocycles. The van der Waals surface area contributed by atoms with E-state index in [0.29, 0.717) is 0 Å². The Morgan fingerprint density at radius 1 is 1.20 bits per heavy atom. The van der Waals surface area contributed by atoms with Crippen molar-refractivity contribution in [3.63, 3.8) is 0 Å². The Morgan fingerprint density at radius 3 is 2.35 bits per heavy atom. The van der Waals surface area contributed by atoms with Crippen molar-refractivity contribution in [3.05, 3.63) is 55.4 Å². The maximum absolute atomic E-state index is 13.8. The van der Waals surface area contributed by atoms with Gasteiger partial charge in [-0.25, -0.2) is 4.39 Å². The van der Waals surface area contributed by atoms with Crippen LogP contribution in [0, 0.1) is 12.7 Å². The number of alkyl halides is 4. The Bertz CT molecular complexity index is 634. The molecule has 7 heteroatoms. The number of hydrogen-bond donors (Lipinski definition) is 0. The first-order valence-electron chi connectivity index (χ1n) is 5.46. The van der Waals surface area contributed by atoms with Crippen LogP contribution in [0.2, 0.25) is 0 Å². The highest BCUT2D eigenvalue weighted by molar-refractivity contribution is 9.11. The van der Waals surface area contributed by atoms with Gasteiger partial charge >= 0.3 is 6.18 Å². The summed E-state index contributed by atoms with van der Waals surface area (Å²) < 4.78 is 52.7. The standard InChI is InChI=1S/C13H8Br2F4S/c1-6-4-9(14)12(20-6)11(15)8-5-7(13(17,18)19)2-3-10(8)16/h2-5,11H,1H3. The van der Waals surface area contributed by atoms with Gasteiger partial charge in [0.05, 0.1) is 10.4 Å². The van der Waals surface area contributed by atoms with E-state index in [1.807, 2.05) is 13.0 Å². The Kier molecular flexibility index (Phi) is 4.61. The van der Waals surface area contributed by atoms with Crippen molar-refractivity contribution in [2.75, 3.05) is 0 Å². The van der Waals surface area contributed by atoms with Crippen LogP contribution in [0.1, 0.15) is 25.7 Å². The third kappa shape index (κ3) is 3.26. The maximum Gasteiger partial charge on any atom is 0.416 e. The highest BCUT2D eigenvalue weighted by Gasteiger charge is 2.32. The highest BCUT2D eigenvalue weighted by atomic mass is 79.9. The van der Waals surface area contributed by atoms with Crippen LogP contribution < -0.4 is 0 Å². The number of benzene rings is 1. The monoisotopic (exact) mass is 430 g/mol. The van der Waals surface area contributed by atoms with Gasteiger partial charge in [0, 0.05) is 19.8 Å². The van der Waals surface area contributed by atoms with Crippen molar-refractivity contribution in [1.82, 2.24) is 0 Å². The van der Waals surface area contributed by atoms with Gasteiger partial charge in [-0.1, -0.05) is 15.9 Å². The van der Waals surface area contributed by atoms with Crippen molar-refractivity contribution in [3.8, 4) is 0 Å². The van der Waals surface area contributed by atoms with E-state index in [4.69, 9.17) is 0 Å². The first-order valence-corrected chi connectivity index (χ1v) is 7.99. The molecule has 0 N–H and O–H groups in total. The fraction of sp³-hybridized carbons (Fsp3) is 0.231. The van der Waals surface area contributed by atoms with Gasteiger partial charge in [-0.05, 0) is 47.1 Å². The molecule has 2 rings (SSSR count). The van der Waals surface area contributed by atoms with E-state index in [1.165, 1.54) is 11.3 Å². The molecular formula is C13H8Br2F4S. The van der Waals surface area contributed by atoms with Crippen molar-refractivity contribution < 1.29 is 17.6 Å². The normalized spacial score (nSPS) is 13.6. The Balaban J connectivity index is 2.49. The summed E-state index contributed by atoms with van der Waals surface area (Å²) in [7, 11) is 0. The quantitative estimate of drug-likeness (QED) is 0.378. The topological polar surface area (TPSA) is 0 Å². The molecule has 1 aromatic heterocycles. The molecule has 0 nitrogen and oxygen atoms in total. The van der Waals surface area contributed by atoms with Crippen LogP contribution in [0.4, 0.5) is 17.6 Å². The molecule has 108 valence electrons. The Morgan fingerprint density at radius 2 is 1.85 bits per heavy atom. The predicted octanol–water partition coefficient (Wildman–Crippen LogP) is 6.46. The van der Waals surface area contributed by atoms with E-state index >= 15 is 0 Å². The molecule has 0 aliphatic rings. The molecule has 0 radical (unpaired) electrons. The second kappa shape index (κ2) is 5.77. The number of halogens is 6. The minimum Gasteiger partial charge on any atom is -0.207 e. The molecule has 0 fully saturated rings. The second-order valence-electron chi connectivity index (χ2n) is 4.17. The summed E-state index contributed by atoms with van der Waals surface area (Å²) in [6.07, 6.45) is -4.49. The number of aryl methyl sites for hydroxylation is 1. The van der Waals surface area contributed by atoms with Gasteiger partial charge in [0.25, 0.3) is 0 Å². The summed E-state index contributed by atoms with van der Waals surface area (Å²) in [4.78, 5) is 1.10. The summed E-state index contributed by atoms with van der Waals surface area (Å²) in [6, 6.07) is 4.28. The lowest BCUT2D eigenvalue weighted by atomic mass is 10.1. The predicted molar refractivity (Wildman–Crippen MR) is 78.9 cm³/mol. The Hall–Kier alpha value is -0.400. The van der Waals surface area contributed by atoms with Crippen molar-refractivity contribution >= 4 is 43.2 Å². The van der Waals surface area contributed by atoms with E-state index in [0.717, 1.165) is 32.4 Å². The molecule has 1 unspecified atom stereocenters. The molecule has 0 saturated heterocycles. The van der Waals surface area contributed by atoms with Gasteiger partial charge in [-0.3, -0.25) is 0 Å². The first-order chi connectivity index (χ1) is 9.20. The summed E-state index contributed by atoms with van der Waals surface area (Å²) in [5.41, 5.74) is -0.884. The van der Waals surface area contributed by atoms with E-state index in [9.17, 15) is 17.6 Å². The van der Waals surface area contributed by atoms with Gasteiger partial charge in [0.2, 0.25) is 0 Å². The van der Waals surface area contributed by atoms with Crippen LogP contribution in [0.5, 0.6) is 0 Å². The molecule has 2 aromatic rings. The van der Waals surface area contributed by atoms with Crippen LogP contribution in [0.15, 0.2) is 28.7 Å². The SMILES string of the molecule is Cc1cc(Br)c(C(Br)c2cc(C(F)(F)F)ccc2F)s1. The lowest BCUT2D eigenvalue weighted by molar-refractivity contribution is -0.137. The number of hydrogen-bond acceptors (Lipinski definition) is 1. The summed E-state index contributed by atoms with van der Waals surface area (Å²) in [5.74, 6) is -0.669. The van der Waals surface area contributed by atoms with Crippen LogP contribution in [-0.4, -0.2) is 0 Å². The van der Waals surface area contributed by atoms with Crippen molar-refractivity contribution in [1.29, 1.82) is 0 Å². The van der Waals surface area contributed by atoms with Gasteiger partial charge < -0.3 is 0 Å². The van der Waals surface area contributed by atoms with Crippen molar-refractivity contribution in [2.24, 2.45) is 0 Å². The zero-order chi connectivity index (χ0) is 15.1. The van der Waals surface area contributed by atoms with Gasteiger partial charge in [-0.2, -0.15) is 13.2 Å². The molecule has 20 heavy (non-hydrogen) atoms. The molecule has 0 amide bonds. The third-order valence-electron chi connectivity index (χ3n) is 2.66. The lowest BCUT2D eigenvalue weighted by Gasteiger charge is -2.14. The van der Waals surface area contributed by atoms with Gasteiger partial charge in [0.15, 0.2) is 0 Å². The maximum atomic E-state index is 13.8. The summed E-state index contributed by atoms with van der Waals surface area (Å²) >= 11 is 8.01. The van der Waals surface area contributed by atoms with Crippen molar-refractivity contribution in [2.45, 2.75) is 17.9 Å². The van der Waals surface area contributed by atoms with E-state index in [2.05, 4.69) is 31.9 Å². The number of rotatable bonds is 2. The fourth-order valence-corrected chi connectivity index (χ4v) is 4.79. The zero-order valence-electron chi connectivity index (χ0n) is 10.1. The zero-order valence-corrected chi connectivity index (χ0v) is 14.1. The fourth-order valence-electron chi connectivity index (χ4n) is 1.73. The molecule has 0 saturated carbocycles. The lowest BCUT2D eigenvalue weighted by Crippen LogP contribution is -2.07. The highest BCUT2D eigenvalue weighted by Crippen LogP contribution is 2.42. The average Bonchev–Trinajstić information content (AvgIpc) is 2.66. The van der Waals surface area contributed by atoms with Crippen LogP contribution in [0.25, 0.3) is 0 Å². The first kappa shape index (κ1) is 16.0. The van der Waals surface area contributed by atoms with E-state index in [-0.39, 0.29) is 5.56 Å². The van der Waals surface area contributed by atoms with Gasteiger partial charge in [-0.15, -0.1) is 11.3 Å². The third-order valence-corrected chi connectivity index (χ3v) is 5.95. The molecular weight excluding hydrogens is 424 g/mol. The van der Waals surface area contributed by atoms with Gasteiger partial charge in [0.1, 0.15) is 5.82 Å². The molecule has 0 spiro atoms.